The molecular formula is C14H17N5O. The maximum Gasteiger partial charge on any atom is 0.221 e. The molecule has 0 fully saturated rings. The van der Waals surface area contributed by atoms with Crippen molar-refractivity contribution in [1.29, 1.82) is 0 Å². The van der Waals surface area contributed by atoms with E-state index in [1.165, 1.54) is 0 Å². The summed E-state index contributed by atoms with van der Waals surface area (Å²) in [5.41, 5.74) is 6.68. The molecule has 0 radical (unpaired) electrons. The molecule has 0 saturated carbocycles. The number of hydrogen-bond donors (Lipinski definition) is 3. The average molecular weight is 271 g/mol. The summed E-state index contributed by atoms with van der Waals surface area (Å²) in [6.07, 6.45) is 0.376. The van der Waals surface area contributed by atoms with Crippen LogP contribution in [0, 0.1) is 0 Å². The minimum atomic E-state index is -0.0252. The predicted octanol–water partition coefficient (Wildman–Crippen LogP) is 1.27. The molecule has 0 atom stereocenters. The zero-order valence-corrected chi connectivity index (χ0v) is 11.3. The average Bonchev–Trinajstić information content (AvgIpc) is 2.47. The van der Waals surface area contributed by atoms with Gasteiger partial charge in [-0.3, -0.25) is 4.79 Å². The van der Waals surface area contributed by atoms with Crippen LogP contribution in [0.2, 0.25) is 0 Å². The third kappa shape index (κ3) is 3.68. The van der Waals surface area contributed by atoms with Crippen LogP contribution in [0.1, 0.15) is 6.42 Å². The first kappa shape index (κ1) is 13.8. The number of nitrogens with zero attached hydrogens (tertiary/aromatic N) is 2. The molecule has 0 aliphatic heterocycles. The van der Waals surface area contributed by atoms with Crippen molar-refractivity contribution >= 4 is 17.5 Å². The van der Waals surface area contributed by atoms with Crippen molar-refractivity contribution in [3.63, 3.8) is 0 Å². The smallest absolute Gasteiger partial charge is 0.221 e. The molecular weight excluding hydrogens is 254 g/mol. The highest BCUT2D eigenvalue weighted by atomic mass is 16.1. The second-order valence-electron chi connectivity index (χ2n) is 4.22. The van der Waals surface area contributed by atoms with Gasteiger partial charge in [-0.2, -0.15) is 0 Å². The quantitative estimate of drug-likeness (QED) is 0.761. The molecule has 0 bridgehead atoms. The van der Waals surface area contributed by atoms with Crippen LogP contribution >= 0.6 is 0 Å². The van der Waals surface area contributed by atoms with Crippen LogP contribution in [0.15, 0.2) is 36.4 Å². The Morgan fingerprint density at radius 2 is 2.00 bits per heavy atom. The lowest BCUT2D eigenvalue weighted by molar-refractivity contribution is -0.120. The normalized spacial score (nSPS) is 10.1. The molecule has 2 aromatic rings. The molecule has 6 nitrogen and oxygen atoms in total. The number of anilines is 2. The van der Waals surface area contributed by atoms with E-state index in [-0.39, 0.29) is 5.91 Å². The predicted molar refractivity (Wildman–Crippen MR) is 79.1 cm³/mol. The minimum Gasteiger partial charge on any atom is -0.384 e. The number of nitrogens with one attached hydrogen (secondary N) is 2. The van der Waals surface area contributed by atoms with Crippen molar-refractivity contribution in [2.75, 3.05) is 24.6 Å². The Balaban J connectivity index is 2.11. The zero-order chi connectivity index (χ0) is 14.4. The molecule has 4 N–H and O–H groups in total. The maximum atomic E-state index is 11.1. The highest BCUT2D eigenvalue weighted by Gasteiger charge is 2.05. The van der Waals surface area contributed by atoms with Gasteiger partial charge in [-0.15, -0.1) is 0 Å². The van der Waals surface area contributed by atoms with Gasteiger partial charge < -0.3 is 16.4 Å². The molecule has 6 heteroatoms. The number of rotatable bonds is 5. The van der Waals surface area contributed by atoms with Crippen molar-refractivity contribution in [3.05, 3.63) is 36.4 Å². The van der Waals surface area contributed by atoms with E-state index in [2.05, 4.69) is 20.6 Å². The first-order chi connectivity index (χ1) is 9.69. The van der Waals surface area contributed by atoms with Crippen molar-refractivity contribution < 1.29 is 4.79 Å². The molecule has 1 amide bonds. The number of carbonyl (C=O) groups excluding carboxylic acids is 1. The highest BCUT2D eigenvalue weighted by molar-refractivity contribution is 5.76. The van der Waals surface area contributed by atoms with E-state index in [1.807, 2.05) is 30.3 Å². The monoisotopic (exact) mass is 271 g/mol. The van der Waals surface area contributed by atoms with Gasteiger partial charge in [-0.25, -0.2) is 9.97 Å². The van der Waals surface area contributed by atoms with Crippen molar-refractivity contribution in [2.45, 2.75) is 6.42 Å². The molecule has 2 rings (SSSR count). The van der Waals surface area contributed by atoms with Gasteiger partial charge in [0.05, 0.1) is 0 Å². The number of benzene rings is 1. The number of nitrogens with two attached hydrogens (primary N) is 1. The van der Waals surface area contributed by atoms with Gasteiger partial charge in [0.15, 0.2) is 5.82 Å². The topological polar surface area (TPSA) is 92.9 Å². The lowest BCUT2D eigenvalue weighted by atomic mass is 10.2. The summed E-state index contributed by atoms with van der Waals surface area (Å²) in [7, 11) is 1.61. The second kappa shape index (κ2) is 6.51. The number of aromatic nitrogens is 2. The summed E-state index contributed by atoms with van der Waals surface area (Å²) < 4.78 is 0. The fraction of sp³-hybridized carbons (Fsp3) is 0.214. The molecule has 0 unspecified atom stereocenters. The van der Waals surface area contributed by atoms with Gasteiger partial charge >= 0.3 is 0 Å². The van der Waals surface area contributed by atoms with Crippen molar-refractivity contribution in [3.8, 4) is 11.4 Å². The van der Waals surface area contributed by atoms with Crippen LogP contribution in [0.25, 0.3) is 11.4 Å². The van der Waals surface area contributed by atoms with Crippen LogP contribution in [-0.4, -0.2) is 29.5 Å². The van der Waals surface area contributed by atoms with Crippen molar-refractivity contribution in [1.82, 2.24) is 15.3 Å². The summed E-state index contributed by atoms with van der Waals surface area (Å²) in [5, 5.41) is 5.63. The Morgan fingerprint density at radius 1 is 1.25 bits per heavy atom. The van der Waals surface area contributed by atoms with Gasteiger partial charge in [-0.05, 0) is 0 Å². The minimum absolute atomic E-state index is 0.0252. The Bertz CT molecular complexity index is 585. The number of hydrogen-bond acceptors (Lipinski definition) is 5. The van der Waals surface area contributed by atoms with Crippen LogP contribution in [0.4, 0.5) is 11.6 Å². The maximum absolute atomic E-state index is 11.1. The van der Waals surface area contributed by atoms with Crippen LogP contribution in [0.5, 0.6) is 0 Å². The molecule has 20 heavy (non-hydrogen) atoms. The third-order valence-electron chi connectivity index (χ3n) is 2.71. The van der Waals surface area contributed by atoms with E-state index in [0.29, 0.717) is 30.4 Å². The van der Waals surface area contributed by atoms with Gasteiger partial charge in [0, 0.05) is 31.6 Å². The van der Waals surface area contributed by atoms with Crippen molar-refractivity contribution in [2.24, 2.45) is 0 Å². The van der Waals surface area contributed by atoms with E-state index >= 15 is 0 Å². The largest absolute Gasteiger partial charge is 0.384 e. The molecule has 0 aliphatic carbocycles. The Morgan fingerprint density at radius 3 is 2.70 bits per heavy atom. The summed E-state index contributed by atoms with van der Waals surface area (Å²) in [4.78, 5) is 19.8. The zero-order valence-electron chi connectivity index (χ0n) is 11.3. The fourth-order valence-corrected chi connectivity index (χ4v) is 1.70. The van der Waals surface area contributed by atoms with Gasteiger partial charge in [0.25, 0.3) is 0 Å². The lowest BCUT2D eigenvalue weighted by Crippen LogP contribution is -2.21. The Kier molecular flexibility index (Phi) is 4.49. The summed E-state index contributed by atoms with van der Waals surface area (Å²) in [6, 6.07) is 11.3. The van der Waals surface area contributed by atoms with Crippen LogP contribution in [-0.2, 0) is 4.79 Å². The number of nitrogen functional groups attached to an aromatic ring is 1. The molecule has 104 valence electrons. The molecule has 0 spiro atoms. The van der Waals surface area contributed by atoms with Gasteiger partial charge in [0.2, 0.25) is 5.91 Å². The second-order valence-corrected chi connectivity index (χ2v) is 4.22. The Hall–Kier alpha value is -2.63. The van der Waals surface area contributed by atoms with E-state index in [4.69, 9.17) is 5.73 Å². The summed E-state index contributed by atoms with van der Waals surface area (Å²) in [6.45, 7) is 0.490. The third-order valence-corrected chi connectivity index (χ3v) is 2.71. The molecule has 0 saturated heterocycles. The van der Waals surface area contributed by atoms with E-state index < -0.39 is 0 Å². The van der Waals surface area contributed by atoms with E-state index in [9.17, 15) is 4.79 Å². The first-order valence-corrected chi connectivity index (χ1v) is 6.33. The molecule has 0 aliphatic rings. The number of carbonyl (C=O) groups is 1. The van der Waals surface area contributed by atoms with Crippen LogP contribution in [0.3, 0.4) is 0 Å². The standard InChI is InChI=1S/C14H17N5O/c1-16-13(20)7-8-17-12-9-11(15)18-14(19-12)10-5-3-2-4-6-10/h2-6,9H,7-8H2,1H3,(H,16,20)(H3,15,17,18,19). The van der Waals surface area contributed by atoms with Gasteiger partial charge in [-0.1, -0.05) is 30.3 Å². The van der Waals surface area contributed by atoms with Gasteiger partial charge in [0.1, 0.15) is 11.6 Å². The molecule has 1 heterocycles. The summed E-state index contributed by atoms with van der Waals surface area (Å²) in [5.74, 6) is 1.54. The highest BCUT2D eigenvalue weighted by Crippen LogP contribution is 2.18. The summed E-state index contributed by atoms with van der Waals surface area (Å²) >= 11 is 0. The van der Waals surface area contributed by atoms with E-state index in [1.54, 1.807) is 13.1 Å². The Labute approximate surface area is 117 Å². The molecule has 1 aromatic carbocycles. The first-order valence-electron chi connectivity index (χ1n) is 6.33. The van der Waals surface area contributed by atoms with E-state index in [0.717, 1.165) is 5.56 Å². The fourth-order valence-electron chi connectivity index (χ4n) is 1.70. The number of amides is 1. The van der Waals surface area contributed by atoms with Crippen LogP contribution < -0.4 is 16.4 Å². The lowest BCUT2D eigenvalue weighted by Gasteiger charge is -2.08. The molecule has 1 aromatic heterocycles. The SMILES string of the molecule is CNC(=O)CCNc1cc(N)nc(-c2ccccc2)n1.